The average molecular weight is 198 g/mol. The molecule has 1 heteroatoms. The molecule has 0 amide bonds. The van der Waals surface area contributed by atoms with Crippen LogP contribution in [0.5, 0.6) is 0 Å². The van der Waals surface area contributed by atoms with Gasteiger partial charge in [0.1, 0.15) is 5.78 Å². The van der Waals surface area contributed by atoms with Gasteiger partial charge in [-0.15, -0.1) is 0 Å². The SMILES string of the molecule is O=C1CC[C@H]2c3ccccc3C=C[C@H]2C1. The zero-order valence-corrected chi connectivity index (χ0v) is 8.65. The summed E-state index contributed by atoms with van der Waals surface area (Å²) < 4.78 is 0. The minimum Gasteiger partial charge on any atom is -0.300 e. The minimum absolute atomic E-state index is 0.431. The molecule has 3 rings (SSSR count). The summed E-state index contributed by atoms with van der Waals surface area (Å²) in [5.41, 5.74) is 2.78. The molecule has 0 bridgehead atoms. The molecule has 0 aliphatic heterocycles. The molecule has 0 radical (unpaired) electrons. The van der Waals surface area contributed by atoms with Crippen LogP contribution in [0.2, 0.25) is 0 Å². The quantitative estimate of drug-likeness (QED) is 0.625. The van der Waals surface area contributed by atoms with Crippen LogP contribution in [0.1, 0.15) is 36.3 Å². The van der Waals surface area contributed by atoms with Crippen molar-refractivity contribution in [2.75, 3.05) is 0 Å². The maximum atomic E-state index is 11.4. The second-order valence-electron chi connectivity index (χ2n) is 4.54. The van der Waals surface area contributed by atoms with Crippen molar-refractivity contribution in [3.05, 3.63) is 41.5 Å². The number of hydrogen-bond donors (Lipinski definition) is 0. The number of Topliss-reactive ketones (excluding diaryl/α,β-unsaturated/α-hetero) is 1. The van der Waals surface area contributed by atoms with Gasteiger partial charge in [-0.05, 0) is 29.4 Å². The van der Waals surface area contributed by atoms with Crippen molar-refractivity contribution >= 4 is 11.9 Å². The normalized spacial score (nSPS) is 28.4. The first-order chi connectivity index (χ1) is 7.34. The highest BCUT2D eigenvalue weighted by Crippen LogP contribution is 2.41. The molecule has 2 atom stereocenters. The molecule has 2 aliphatic carbocycles. The Hall–Kier alpha value is -1.37. The van der Waals surface area contributed by atoms with Gasteiger partial charge in [0.25, 0.3) is 0 Å². The van der Waals surface area contributed by atoms with E-state index in [2.05, 4.69) is 36.4 Å². The molecule has 76 valence electrons. The molecule has 1 nitrogen and oxygen atoms in total. The molecule has 0 heterocycles. The highest BCUT2D eigenvalue weighted by molar-refractivity contribution is 5.80. The fourth-order valence-corrected chi connectivity index (χ4v) is 2.85. The van der Waals surface area contributed by atoms with Crippen molar-refractivity contribution in [2.24, 2.45) is 5.92 Å². The van der Waals surface area contributed by atoms with Crippen LogP contribution in [0.25, 0.3) is 6.08 Å². The second kappa shape index (κ2) is 3.34. The fourth-order valence-electron chi connectivity index (χ4n) is 2.85. The molecule has 1 aromatic rings. The monoisotopic (exact) mass is 198 g/mol. The van der Waals surface area contributed by atoms with E-state index in [1.54, 1.807) is 0 Å². The summed E-state index contributed by atoms with van der Waals surface area (Å²) in [6, 6.07) is 8.56. The third kappa shape index (κ3) is 1.43. The third-order valence-corrected chi connectivity index (χ3v) is 3.63. The fraction of sp³-hybridized carbons (Fsp3) is 0.357. The van der Waals surface area contributed by atoms with Crippen molar-refractivity contribution in [3.8, 4) is 0 Å². The highest BCUT2D eigenvalue weighted by Gasteiger charge is 2.31. The van der Waals surface area contributed by atoms with E-state index in [0.29, 0.717) is 17.6 Å². The molecule has 15 heavy (non-hydrogen) atoms. The Labute approximate surface area is 89.8 Å². The van der Waals surface area contributed by atoms with E-state index < -0.39 is 0 Å². The number of fused-ring (bicyclic) bond motifs is 3. The first-order valence-corrected chi connectivity index (χ1v) is 5.63. The van der Waals surface area contributed by atoms with Gasteiger partial charge in [0.15, 0.2) is 0 Å². The van der Waals surface area contributed by atoms with Gasteiger partial charge in [0.2, 0.25) is 0 Å². The molecule has 0 N–H and O–H groups in total. The lowest BCUT2D eigenvalue weighted by atomic mass is 9.71. The number of allylic oxidation sites excluding steroid dienone is 1. The van der Waals surface area contributed by atoms with Gasteiger partial charge in [-0.3, -0.25) is 4.79 Å². The van der Waals surface area contributed by atoms with Crippen molar-refractivity contribution in [3.63, 3.8) is 0 Å². The van der Waals surface area contributed by atoms with Gasteiger partial charge in [-0.25, -0.2) is 0 Å². The van der Waals surface area contributed by atoms with Crippen molar-refractivity contribution < 1.29 is 4.79 Å². The number of benzene rings is 1. The molecule has 2 aliphatic rings. The number of ketones is 1. The molecule has 0 unspecified atom stereocenters. The third-order valence-electron chi connectivity index (χ3n) is 3.63. The van der Waals surface area contributed by atoms with Crippen LogP contribution >= 0.6 is 0 Å². The molecular formula is C14H14O. The van der Waals surface area contributed by atoms with Crippen LogP contribution in [0.4, 0.5) is 0 Å². The molecule has 1 fully saturated rings. The Morgan fingerprint density at radius 2 is 2.07 bits per heavy atom. The predicted molar refractivity (Wildman–Crippen MR) is 60.6 cm³/mol. The zero-order chi connectivity index (χ0) is 10.3. The molecular weight excluding hydrogens is 184 g/mol. The summed E-state index contributed by atoms with van der Waals surface area (Å²) in [6.45, 7) is 0. The van der Waals surface area contributed by atoms with Gasteiger partial charge in [0, 0.05) is 12.8 Å². The largest absolute Gasteiger partial charge is 0.300 e. The first kappa shape index (κ1) is 8.90. The summed E-state index contributed by atoms with van der Waals surface area (Å²) in [5, 5.41) is 0. The van der Waals surface area contributed by atoms with E-state index in [9.17, 15) is 4.79 Å². The average Bonchev–Trinajstić information content (AvgIpc) is 2.28. The number of carbonyl (C=O) groups excluding carboxylic acids is 1. The topological polar surface area (TPSA) is 17.1 Å². The zero-order valence-electron chi connectivity index (χ0n) is 8.65. The van der Waals surface area contributed by atoms with Crippen molar-refractivity contribution in [1.29, 1.82) is 0 Å². The van der Waals surface area contributed by atoms with E-state index >= 15 is 0 Å². The summed E-state index contributed by atoms with van der Waals surface area (Å²) in [5.74, 6) is 1.48. The Balaban J connectivity index is 2.02. The highest BCUT2D eigenvalue weighted by atomic mass is 16.1. The molecule has 0 spiro atoms. The van der Waals surface area contributed by atoms with Crippen molar-refractivity contribution in [2.45, 2.75) is 25.2 Å². The van der Waals surface area contributed by atoms with E-state index in [4.69, 9.17) is 0 Å². The van der Waals surface area contributed by atoms with Gasteiger partial charge in [-0.1, -0.05) is 36.4 Å². The van der Waals surface area contributed by atoms with Crippen LogP contribution < -0.4 is 0 Å². The van der Waals surface area contributed by atoms with E-state index in [-0.39, 0.29) is 0 Å². The summed E-state index contributed by atoms with van der Waals surface area (Å²) in [6.07, 6.45) is 6.95. The van der Waals surface area contributed by atoms with Gasteiger partial charge in [0.05, 0.1) is 0 Å². The van der Waals surface area contributed by atoms with Crippen LogP contribution in [-0.2, 0) is 4.79 Å². The van der Waals surface area contributed by atoms with Crippen LogP contribution in [-0.4, -0.2) is 5.78 Å². The standard InChI is InChI=1S/C14H14O/c15-12-7-8-14-11(9-12)6-5-10-3-1-2-4-13(10)14/h1-6,11,14H,7-9H2/t11-,14+/m0/s1. The Morgan fingerprint density at radius 1 is 1.20 bits per heavy atom. The Bertz CT molecular complexity index is 431. The summed E-state index contributed by atoms with van der Waals surface area (Å²) >= 11 is 0. The smallest absolute Gasteiger partial charge is 0.133 e. The van der Waals surface area contributed by atoms with Gasteiger partial charge < -0.3 is 0 Å². The second-order valence-corrected chi connectivity index (χ2v) is 4.54. The van der Waals surface area contributed by atoms with E-state index in [1.807, 2.05) is 0 Å². The minimum atomic E-state index is 0.431. The Kier molecular flexibility index (Phi) is 1.98. The maximum absolute atomic E-state index is 11.4. The predicted octanol–water partition coefficient (Wildman–Crippen LogP) is 3.17. The summed E-state index contributed by atoms with van der Waals surface area (Å²) in [4.78, 5) is 11.4. The molecule has 1 aromatic carbocycles. The lowest BCUT2D eigenvalue weighted by Gasteiger charge is -2.32. The molecule has 0 aromatic heterocycles. The first-order valence-electron chi connectivity index (χ1n) is 5.63. The molecule has 1 saturated carbocycles. The lowest BCUT2D eigenvalue weighted by Crippen LogP contribution is -2.24. The summed E-state index contributed by atoms with van der Waals surface area (Å²) in [7, 11) is 0. The number of carbonyl (C=O) groups is 1. The lowest BCUT2D eigenvalue weighted by molar-refractivity contribution is -0.121. The molecule has 0 saturated heterocycles. The van der Waals surface area contributed by atoms with E-state index in [0.717, 1.165) is 19.3 Å². The van der Waals surface area contributed by atoms with Crippen molar-refractivity contribution in [1.82, 2.24) is 0 Å². The van der Waals surface area contributed by atoms with E-state index in [1.165, 1.54) is 11.1 Å². The van der Waals surface area contributed by atoms with Gasteiger partial charge in [-0.2, -0.15) is 0 Å². The van der Waals surface area contributed by atoms with Crippen LogP contribution in [0.15, 0.2) is 30.3 Å². The number of hydrogen-bond acceptors (Lipinski definition) is 1. The number of rotatable bonds is 0. The van der Waals surface area contributed by atoms with Crippen LogP contribution in [0.3, 0.4) is 0 Å². The Morgan fingerprint density at radius 3 is 3.00 bits per heavy atom. The maximum Gasteiger partial charge on any atom is 0.133 e. The van der Waals surface area contributed by atoms with Gasteiger partial charge >= 0.3 is 0 Å². The van der Waals surface area contributed by atoms with Crippen LogP contribution in [0, 0.1) is 5.92 Å².